The van der Waals surface area contributed by atoms with Gasteiger partial charge in [-0.15, -0.1) is 0 Å². The highest BCUT2D eigenvalue weighted by Crippen LogP contribution is 2.22. The third-order valence-corrected chi connectivity index (χ3v) is 3.59. The fourth-order valence-electron chi connectivity index (χ4n) is 2.01. The molecule has 2 aromatic rings. The zero-order valence-corrected chi connectivity index (χ0v) is 14.1. The molecule has 1 aromatic carbocycles. The van der Waals surface area contributed by atoms with E-state index in [-0.39, 0.29) is 12.5 Å². The predicted molar refractivity (Wildman–Crippen MR) is 87.6 cm³/mol. The van der Waals surface area contributed by atoms with Crippen LogP contribution in [0.15, 0.2) is 40.8 Å². The number of hydrogen-bond donors (Lipinski definition) is 2. The number of hydrogen-bond acceptors (Lipinski definition) is 4. The van der Waals surface area contributed by atoms with Crippen LogP contribution in [0.25, 0.3) is 0 Å². The first-order valence-corrected chi connectivity index (χ1v) is 7.65. The summed E-state index contributed by atoms with van der Waals surface area (Å²) in [6.45, 7) is 5.01. The molecule has 0 saturated carbocycles. The maximum absolute atomic E-state index is 12.1. The van der Waals surface area contributed by atoms with Gasteiger partial charge in [-0.3, -0.25) is 4.79 Å². The van der Waals surface area contributed by atoms with E-state index >= 15 is 0 Å². The van der Waals surface area contributed by atoms with Crippen LogP contribution in [-0.4, -0.2) is 23.7 Å². The van der Waals surface area contributed by atoms with E-state index in [4.69, 9.17) is 20.8 Å². The van der Waals surface area contributed by atoms with Gasteiger partial charge in [0.25, 0.3) is 5.91 Å². The molecule has 0 saturated heterocycles. The lowest BCUT2D eigenvalue weighted by Crippen LogP contribution is -2.43. The molecule has 0 aliphatic rings. The molecule has 2 unspecified atom stereocenters. The summed E-state index contributed by atoms with van der Waals surface area (Å²) in [5, 5.41) is 13.6. The standard InChI is InChI=1S/C17H20ClNO4/c1-11-7-8-15(22-11)17(3,21)10-19-16(20)12(2)23-14-6-4-5-13(18)9-14/h4-9,12,21H,10H2,1-3H3,(H,19,20). The minimum Gasteiger partial charge on any atom is -0.481 e. The van der Waals surface area contributed by atoms with Crippen LogP contribution in [0.3, 0.4) is 0 Å². The summed E-state index contributed by atoms with van der Waals surface area (Å²) in [5.41, 5.74) is -1.29. The number of aliphatic hydroxyl groups is 1. The molecule has 0 radical (unpaired) electrons. The molecular weight excluding hydrogens is 318 g/mol. The monoisotopic (exact) mass is 337 g/mol. The lowest BCUT2D eigenvalue weighted by molar-refractivity contribution is -0.128. The third kappa shape index (κ3) is 4.74. The molecule has 0 bridgehead atoms. The van der Waals surface area contributed by atoms with Crippen LogP contribution >= 0.6 is 11.6 Å². The van der Waals surface area contributed by atoms with Crippen molar-refractivity contribution in [1.82, 2.24) is 5.32 Å². The van der Waals surface area contributed by atoms with Crippen LogP contribution in [0.1, 0.15) is 25.4 Å². The van der Waals surface area contributed by atoms with Crippen molar-refractivity contribution >= 4 is 17.5 Å². The molecule has 0 spiro atoms. The number of ether oxygens (including phenoxy) is 1. The highest BCUT2D eigenvalue weighted by Gasteiger charge is 2.28. The maximum atomic E-state index is 12.1. The predicted octanol–water partition coefficient (Wildman–Crippen LogP) is 3.03. The lowest BCUT2D eigenvalue weighted by atomic mass is 10.0. The molecule has 2 rings (SSSR count). The fraction of sp³-hybridized carbons (Fsp3) is 0.353. The van der Waals surface area contributed by atoms with E-state index in [1.165, 1.54) is 0 Å². The second-order valence-corrected chi connectivity index (χ2v) is 6.06. The van der Waals surface area contributed by atoms with Gasteiger partial charge in [-0.25, -0.2) is 0 Å². The molecule has 23 heavy (non-hydrogen) atoms. The van der Waals surface area contributed by atoms with Crippen molar-refractivity contribution in [2.75, 3.05) is 6.54 Å². The Kier molecular flexibility index (Phi) is 5.34. The average molecular weight is 338 g/mol. The molecule has 1 amide bonds. The van der Waals surface area contributed by atoms with Crippen molar-refractivity contribution in [3.05, 3.63) is 52.9 Å². The van der Waals surface area contributed by atoms with Gasteiger partial charge in [-0.1, -0.05) is 17.7 Å². The van der Waals surface area contributed by atoms with E-state index in [1.54, 1.807) is 57.2 Å². The quantitative estimate of drug-likeness (QED) is 0.850. The van der Waals surface area contributed by atoms with Crippen LogP contribution in [0.4, 0.5) is 0 Å². The van der Waals surface area contributed by atoms with Crippen molar-refractivity contribution in [1.29, 1.82) is 0 Å². The van der Waals surface area contributed by atoms with E-state index in [0.717, 1.165) is 0 Å². The fourth-order valence-corrected chi connectivity index (χ4v) is 2.19. The summed E-state index contributed by atoms with van der Waals surface area (Å²) < 4.78 is 10.9. The van der Waals surface area contributed by atoms with E-state index in [2.05, 4.69) is 5.32 Å². The summed E-state index contributed by atoms with van der Waals surface area (Å²) >= 11 is 5.87. The largest absolute Gasteiger partial charge is 0.481 e. The highest BCUT2D eigenvalue weighted by molar-refractivity contribution is 6.30. The first kappa shape index (κ1) is 17.4. The summed E-state index contributed by atoms with van der Waals surface area (Å²) in [4.78, 5) is 12.1. The SMILES string of the molecule is Cc1ccc(C(C)(O)CNC(=O)C(C)Oc2cccc(Cl)c2)o1. The smallest absolute Gasteiger partial charge is 0.260 e. The number of halogens is 1. The van der Waals surface area contributed by atoms with Crippen molar-refractivity contribution in [2.45, 2.75) is 32.5 Å². The number of benzene rings is 1. The minimum atomic E-state index is -1.29. The summed E-state index contributed by atoms with van der Waals surface area (Å²) in [6, 6.07) is 10.3. The summed E-state index contributed by atoms with van der Waals surface area (Å²) in [6.07, 6.45) is -0.720. The van der Waals surface area contributed by atoms with Gasteiger partial charge in [0.2, 0.25) is 0 Å². The number of nitrogens with one attached hydrogen (secondary N) is 1. The number of furan rings is 1. The van der Waals surface area contributed by atoms with Crippen molar-refractivity contribution in [2.24, 2.45) is 0 Å². The number of amides is 1. The molecule has 2 atom stereocenters. The molecule has 5 nitrogen and oxygen atoms in total. The second kappa shape index (κ2) is 7.06. The number of carbonyl (C=O) groups excluding carboxylic acids is 1. The zero-order valence-electron chi connectivity index (χ0n) is 13.3. The Balaban J connectivity index is 1.91. The van der Waals surface area contributed by atoms with Crippen LogP contribution < -0.4 is 10.1 Å². The maximum Gasteiger partial charge on any atom is 0.260 e. The summed E-state index contributed by atoms with van der Waals surface area (Å²) in [5.74, 6) is 1.27. The second-order valence-electron chi connectivity index (χ2n) is 5.62. The summed E-state index contributed by atoms with van der Waals surface area (Å²) in [7, 11) is 0. The van der Waals surface area contributed by atoms with E-state index in [1.807, 2.05) is 0 Å². The van der Waals surface area contributed by atoms with E-state index in [9.17, 15) is 9.90 Å². The third-order valence-electron chi connectivity index (χ3n) is 3.36. The molecule has 0 aliphatic carbocycles. The van der Waals surface area contributed by atoms with E-state index in [0.29, 0.717) is 22.3 Å². The van der Waals surface area contributed by atoms with Crippen LogP contribution in [0, 0.1) is 6.92 Å². The Morgan fingerprint density at radius 2 is 2.17 bits per heavy atom. The topological polar surface area (TPSA) is 71.7 Å². The Labute approximate surface area is 140 Å². The van der Waals surface area contributed by atoms with Gasteiger partial charge in [0.1, 0.15) is 22.9 Å². The normalized spacial score (nSPS) is 14.8. The molecule has 2 N–H and O–H groups in total. The van der Waals surface area contributed by atoms with Gasteiger partial charge in [0.15, 0.2) is 6.10 Å². The molecular formula is C17H20ClNO4. The van der Waals surface area contributed by atoms with Crippen molar-refractivity contribution in [3.63, 3.8) is 0 Å². The Bertz CT molecular complexity index is 681. The number of carbonyl (C=O) groups is 1. The Hall–Kier alpha value is -1.98. The minimum absolute atomic E-state index is 0.0159. The lowest BCUT2D eigenvalue weighted by Gasteiger charge is -2.22. The van der Waals surface area contributed by atoms with Gasteiger partial charge in [0.05, 0.1) is 6.54 Å². The molecule has 0 aliphatic heterocycles. The first-order valence-electron chi connectivity index (χ1n) is 7.27. The van der Waals surface area contributed by atoms with Crippen LogP contribution in [-0.2, 0) is 10.4 Å². The van der Waals surface area contributed by atoms with Gasteiger partial charge in [-0.2, -0.15) is 0 Å². The van der Waals surface area contributed by atoms with Gasteiger partial charge in [-0.05, 0) is 51.1 Å². The molecule has 6 heteroatoms. The molecule has 0 fully saturated rings. The average Bonchev–Trinajstić information content (AvgIpc) is 2.92. The van der Waals surface area contributed by atoms with Crippen LogP contribution in [0.2, 0.25) is 5.02 Å². The van der Waals surface area contributed by atoms with Gasteiger partial charge < -0.3 is 19.6 Å². The Morgan fingerprint density at radius 3 is 2.78 bits per heavy atom. The van der Waals surface area contributed by atoms with Crippen molar-refractivity contribution < 1.29 is 19.1 Å². The number of aryl methyl sites for hydroxylation is 1. The van der Waals surface area contributed by atoms with Gasteiger partial charge in [0, 0.05) is 5.02 Å². The highest BCUT2D eigenvalue weighted by atomic mass is 35.5. The zero-order chi connectivity index (χ0) is 17.0. The molecule has 124 valence electrons. The van der Waals surface area contributed by atoms with Gasteiger partial charge >= 0.3 is 0 Å². The molecule has 1 heterocycles. The molecule has 1 aromatic heterocycles. The first-order chi connectivity index (χ1) is 10.8. The van der Waals surface area contributed by atoms with E-state index < -0.39 is 11.7 Å². The van der Waals surface area contributed by atoms with Crippen LogP contribution in [0.5, 0.6) is 5.75 Å². The van der Waals surface area contributed by atoms with Crippen molar-refractivity contribution in [3.8, 4) is 5.75 Å². The number of rotatable bonds is 6. The Morgan fingerprint density at radius 1 is 1.43 bits per heavy atom.